The van der Waals surface area contributed by atoms with E-state index in [2.05, 4.69) is 62.2 Å². The molecule has 0 saturated heterocycles. The summed E-state index contributed by atoms with van der Waals surface area (Å²) in [7, 11) is 7.17. The van der Waals surface area contributed by atoms with E-state index >= 15 is 0 Å². The summed E-state index contributed by atoms with van der Waals surface area (Å²) in [4.78, 5) is 170. The van der Waals surface area contributed by atoms with E-state index in [9.17, 15) is 97.4 Å². The summed E-state index contributed by atoms with van der Waals surface area (Å²) < 4.78 is 94.3. The zero-order valence-corrected chi connectivity index (χ0v) is 79.5. The van der Waals surface area contributed by atoms with Crippen LogP contribution in [0.4, 0.5) is 38.9 Å². The Bertz CT molecular complexity index is 8040. The van der Waals surface area contributed by atoms with Gasteiger partial charge in [-0.05, 0) is 177 Å². The van der Waals surface area contributed by atoms with Crippen molar-refractivity contribution in [3.8, 4) is 0 Å². The summed E-state index contributed by atoms with van der Waals surface area (Å²) in [6.45, 7) is 24.0. The number of fused-ring (bicyclic) bond motifs is 6. The Morgan fingerprint density at radius 2 is 0.731 bits per heavy atom. The molecule has 48 heteroatoms. The van der Waals surface area contributed by atoms with Gasteiger partial charge in [-0.25, -0.2) is 36.0 Å². The van der Waals surface area contributed by atoms with E-state index in [1.165, 1.54) is 78.4 Å². The monoisotopic (exact) mass is 2030 g/mol. The lowest BCUT2D eigenvalue weighted by Crippen LogP contribution is -3.00. The molecule has 0 unspecified atom stereocenters. The molecule has 13 aromatic heterocycles. The number of hydrogen-bond acceptors (Lipinski definition) is 20. The van der Waals surface area contributed by atoms with Crippen LogP contribution in [0.5, 0.6) is 0 Å². The SMILES string of the molecule is C.Cc1cc(=O)n2cc(C[NH3+])ccc2c1.O=C([O-])C(F)(F)F.[B]C(=O)NCc1ccc2cc(C(=O)NC[C@@H](C)NS(=O)(=O)c3ccccc3)cc(=O)n2c1.[B]C(=O)NCc1ccc2cc(C(=O)O)cc(=O)n2c1.[B]C(=O)NCc1ccc2cc(C)cc(=O)n2c1.[C-]#[N+]c1ccc(C)nc1.[C-]#[N+]c1ccc2cc(C)cc(=O)n2c1.[Cl-].[NH3+]Cc1ccc2cc(C(=O)NC[C@H](NS(=O)(=O)c3ccccc3)C(=O)O)cc(=O)n2c1. The molecule has 0 aliphatic carbocycles. The molecule has 15 N–H and O–H groups in total. The number of carbonyl (C=O) groups excluding carboxylic acids is 6. The molecule has 0 saturated carbocycles. The van der Waals surface area contributed by atoms with Gasteiger partial charge in [-0.15, -0.1) is 0 Å². The molecule has 746 valence electrons. The summed E-state index contributed by atoms with van der Waals surface area (Å²) in [5, 5.41) is 39.3. The molecular formula is C97H93B3ClF3N18O21S2. The van der Waals surface area contributed by atoms with Crippen LogP contribution in [0, 0.1) is 40.8 Å². The van der Waals surface area contributed by atoms with Crippen LogP contribution in [0.15, 0.2) is 300 Å². The lowest BCUT2D eigenvalue weighted by atomic mass is 10.1. The van der Waals surface area contributed by atoms with Gasteiger partial charge in [0.15, 0.2) is 17.4 Å². The number of halogens is 4. The highest BCUT2D eigenvalue weighted by atomic mass is 35.5. The van der Waals surface area contributed by atoms with E-state index in [1.807, 2.05) is 82.4 Å². The number of sulfonamides is 2. The van der Waals surface area contributed by atoms with Crippen LogP contribution in [-0.4, -0.2) is 160 Å². The number of aryl methyl sites for hydroxylation is 4. The van der Waals surface area contributed by atoms with Gasteiger partial charge in [-0.2, -0.15) is 17.9 Å². The third-order valence-corrected chi connectivity index (χ3v) is 22.8. The molecule has 2 atom stereocenters. The van der Waals surface area contributed by atoms with Crippen molar-refractivity contribution < 1.29 is 108 Å². The molecule has 39 nitrogen and oxygen atoms in total. The van der Waals surface area contributed by atoms with E-state index in [0.29, 0.717) is 58.7 Å². The highest BCUT2D eigenvalue weighted by molar-refractivity contribution is 7.89. The predicted molar refractivity (Wildman–Crippen MR) is 529 cm³/mol. The Kier molecular flexibility index (Phi) is 43.5. The molecule has 0 bridgehead atoms. The highest BCUT2D eigenvalue weighted by Crippen LogP contribution is 2.19. The number of aromatic carboxylic acids is 1. The fourth-order valence-corrected chi connectivity index (χ4v) is 15.2. The molecule has 15 aromatic rings. The zero-order chi connectivity index (χ0) is 105. The smallest absolute Gasteiger partial charge is 0.430 e. The quantitative estimate of drug-likeness (QED) is 0.0343. The Balaban J connectivity index is 0.000000263. The number of amides is 5. The van der Waals surface area contributed by atoms with Gasteiger partial charge in [0.1, 0.15) is 25.1 Å². The number of hydrogen-bond donors (Lipinski definition) is 11. The number of pyridine rings is 13. The number of nitrogens with one attached hydrogen (secondary N) is 7. The Morgan fingerprint density at radius 1 is 0.428 bits per heavy atom. The number of carboxylic acids is 3. The minimum absolute atomic E-state index is 0. The van der Waals surface area contributed by atoms with Gasteiger partial charge in [0, 0.05) is 180 Å². The van der Waals surface area contributed by atoms with E-state index in [1.54, 1.807) is 150 Å². The van der Waals surface area contributed by atoms with E-state index < -0.39 is 109 Å². The zero-order valence-electron chi connectivity index (χ0n) is 77.1. The van der Waals surface area contributed by atoms with Crippen molar-refractivity contribution in [1.29, 1.82) is 0 Å². The Morgan fingerprint density at radius 3 is 1.06 bits per heavy atom. The van der Waals surface area contributed by atoms with Gasteiger partial charge in [-0.1, -0.05) is 80.2 Å². The molecular weight excluding hydrogens is 1940 g/mol. The average molecular weight is 2040 g/mol. The molecule has 15 rings (SSSR count). The number of nitrogens with zero attached hydrogens (tertiary/aromatic N) is 9. The van der Waals surface area contributed by atoms with E-state index in [4.69, 9.17) is 51.7 Å². The third-order valence-electron chi connectivity index (χ3n) is 19.8. The maximum absolute atomic E-state index is 12.5. The standard InChI is InChI=1S/C21H21BN4O5S.C20H20N4O6S.C12H9BN2O4.C12H11BN2O2.C11H8N2O.C11H12N2O.C7H6N2.C2HF3O2.CH4.ClH/c1-14(25-32(30,31)18-5-3-2-4-6-18)11-23-20(28)16-9-17-8-7-15(12-24-21(22)29)13-26(17)19(27)10-16;21-10-13-6-7-15-8-14(9-18(25)24(15)12-13)19(26)22-11-17(20(27)28)23-31(29,30)16-4-2-1-3-5-16;13-12(19)14-5-7-1-2-9-3-8(11(17)18)4-10(16)15(9)6-7;1-8-4-10-3-2-9(6-14-12(13)17)7-15(10)11(16)5-8;1-8-5-10-4-3-9(12-2)7-13(10)11(14)6-8;1-8-4-10-3-2-9(6-12)7-13(10)11(14)5-8;1-6-3-4-7(8-2)5-9-6;3-2(4,5)1(6)7;;/h2-10,13-14,25H,11-12H2,1H3,(H,23,28)(H,24,29);1-9,12,17,23H,10-11,21H2,(H,22,26)(H,27,28);1-4,6H,5H2,(H,14,19)(H,17,18);2-5,7H,6H2,1H3,(H,14,17);3-7H,1H3;2-5,7H,6,12H2,1H3;3-5H,1H3;(H,6,7);1H4;1H/t14-;17-;;;;;;;;/m10......../s1. The molecule has 6 radical (unpaired) electrons. The number of carbonyl (C=O) groups is 8. The molecule has 145 heavy (non-hydrogen) atoms. The van der Waals surface area contributed by atoms with Crippen LogP contribution < -0.4 is 98.4 Å². The maximum Gasteiger partial charge on any atom is 0.430 e. The van der Waals surface area contributed by atoms with Crippen molar-refractivity contribution >= 4 is 135 Å². The first-order valence-corrected chi connectivity index (χ1v) is 45.2. The van der Waals surface area contributed by atoms with Crippen molar-refractivity contribution in [2.24, 2.45) is 0 Å². The molecule has 2 aromatic carbocycles. The van der Waals surface area contributed by atoms with Crippen LogP contribution >= 0.6 is 0 Å². The average Bonchev–Trinajstić information content (AvgIpc) is 0.807. The second-order valence-corrected chi connectivity index (χ2v) is 34.3. The first kappa shape index (κ1) is 117. The number of aromatic nitrogens is 7. The van der Waals surface area contributed by atoms with Crippen LogP contribution in [0.2, 0.25) is 0 Å². The Hall–Kier alpha value is -17.1. The normalized spacial score (nSPS) is 11.0. The van der Waals surface area contributed by atoms with Crippen molar-refractivity contribution in [2.45, 2.75) is 103 Å². The van der Waals surface area contributed by atoms with Crippen LogP contribution in [0.25, 0.3) is 42.8 Å². The van der Waals surface area contributed by atoms with Crippen LogP contribution in [-0.2, 0) is 62.4 Å². The second-order valence-electron chi connectivity index (χ2n) is 30.9. The van der Waals surface area contributed by atoms with Gasteiger partial charge in [0.05, 0.1) is 28.5 Å². The van der Waals surface area contributed by atoms with Gasteiger partial charge in [-0.3, -0.25) is 88.9 Å². The number of quaternary nitrogens is 2. The van der Waals surface area contributed by atoms with Gasteiger partial charge < -0.3 is 70.6 Å². The van der Waals surface area contributed by atoms with Crippen LogP contribution in [0.1, 0.15) is 95.6 Å². The fourth-order valence-electron chi connectivity index (χ4n) is 12.8. The minimum atomic E-state index is -5.19. The van der Waals surface area contributed by atoms with Crippen LogP contribution in [0.3, 0.4) is 0 Å². The lowest BCUT2D eigenvalue weighted by molar-refractivity contribution is -0.386. The number of rotatable bonds is 22. The van der Waals surface area contributed by atoms with Crippen molar-refractivity contribution in [1.82, 2.24) is 67.4 Å². The van der Waals surface area contributed by atoms with Crippen molar-refractivity contribution in [3.63, 3.8) is 0 Å². The molecule has 0 aliphatic rings. The molecule has 0 spiro atoms. The third kappa shape index (κ3) is 35.6. The highest BCUT2D eigenvalue weighted by Gasteiger charge is 2.30. The molecule has 0 fully saturated rings. The summed E-state index contributed by atoms with van der Waals surface area (Å²) in [6.07, 6.45) is 6.20. The van der Waals surface area contributed by atoms with Gasteiger partial charge in [0.25, 0.3) is 45.2 Å². The molecule has 5 amide bonds. The number of carboxylic acid groups (broad SMARTS) is 3. The Labute approximate surface area is 834 Å². The molecule has 0 aliphatic heterocycles. The first-order chi connectivity index (χ1) is 67.6. The second kappa shape index (κ2) is 54.1. The van der Waals surface area contributed by atoms with Gasteiger partial charge >= 0.3 is 18.1 Å². The minimum Gasteiger partial charge on any atom is -1.00 e. The maximum atomic E-state index is 12.5. The summed E-state index contributed by atoms with van der Waals surface area (Å²) >= 11 is 0. The molecule has 13 heterocycles. The lowest BCUT2D eigenvalue weighted by Gasteiger charge is -2.16. The van der Waals surface area contributed by atoms with E-state index in [-0.39, 0.29) is 82.6 Å². The van der Waals surface area contributed by atoms with Gasteiger partial charge in [0.2, 0.25) is 55.0 Å². The largest absolute Gasteiger partial charge is 1.00 e. The topological polar surface area (TPSA) is 558 Å². The summed E-state index contributed by atoms with van der Waals surface area (Å²) in [5.74, 6) is -8.74. The fraction of sp³-hybridized carbons (Fsp3) is 0.165. The first-order valence-electron chi connectivity index (χ1n) is 42.2. The number of aliphatic carboxylic acids is 2. The summed E-state index contributed by atoms with van der Waals surface area (Å²) in [6, 6.07) is 56.2. The predicted octanol–water partition coefficient (Wildman–Crippen LogP) is 2.73. The number of alkyl halides is 3. The van der Waals surface area contributed by atoms with E-state index in [0.717, 1.165) is 67.8 Å². The summed E-state index contributed by atoms with van der Waals surface area (Å²) in [5.41, 5.74) is 19.2. The number of benzene rings is 2. The van der Waals surface area contributed by atoms with Crippen molar-refractivity contribution in [3.05, 3.63) is 414 Å². The van der Waals surface area contributed by atoms with Crippen molar-refractivity contribution in [2.75, 3.05) is 13.1 Å².